The van der Waals surface area contributed by atoms with E-state index in [9.17, 15) is 14.3 Å². The van der Waals surface area contributed by atoms with Gasteiger partial charge in [0.15, 0.2) is 5.82 Å². The van der Waals surface area contributed by atoms with Gasteiger partial charge in [-0.1, -0.05) is 0 Å². The van der Waals surface area contributed by atoms with Crippen molar-refractivity contribution in [1.29, 1.82) is 0 Å². The van der Waals surface area contributed by atoms with E-state index in [4.69, 9.17) is 0 Å². The quantitative estimate of drug-likeness (QED) is 0.851. The normalized spacial score (nSPS) is 23.1. The Morgan fingerprint density at radius 1 is 1.58 bits per heavy atom. The van der Waals surface area contributed by atoms with Gasteiger partial charge in [0.2, 0.25) is 0 Å². The molecule has 1 aromatic heterocycles. The second-order valence-electron chi connectivity index (χ2n) is 5.04. The van der Waals surface area contributed by atoms with Gasteiger partial charge in [-0.05, 0) is 20.2 Å². The van der Waals surface area contributed by atoms with Crippen LogP contribution in [0.5, 0.6) is 0 Å². The average molecular weight is 267 g/mol. The molecule has 2 heterocycles. The number of halogens is 1. The standard InChI is InChI=1S/C13H18FN3O2/c1-16(2)12-7-17(6-9(12)8-18)13(19)10-3-4-15-5-11(10)14/h3-5,9,12,18H,6-8H2,1-2H3/t9-,12+/m0/s1. The highest BCUT2D eigenvalue weighted by Crippen LogP contribution is 2.22. The summed E-state index contributed by atoms with van der Waals surface area (Å²) in [6.45, 7) is 0.963. The van der Waals surface area contributed by atoms with Crippen LogP contribution in [-0.4, -0.2) is 65.6 Å². The molecular weight excluding hydrogens is 249 g/mol. The summed E-state index contributed by atoms with van der Waals surface area (Å²) >= 11 is 0. The first-order valence-electron chi connectivity index (χ1n) is 6.20. The van der Waals surface area contributed by atoms with E-state index in [1.165, 1.54) is 12.3 Å². The summed E-state index contributed by atoms with van der Waals surface area (Å²) in [4.78, 5) is 19.5. The molecule has 0 radical (unpaired) electrons. The zero-order chi connectivity index (χ0) is 14.0. The third-order valence-electron chi connectivity index (χ3n) is 3.59. The molecule has 1 N–H and O–H groups in total. The first kappa shape index (κ1) is 13.9. The summed E-state index contributed by atoms with van der Waals surface area (Å²) in [6, 6.07) is 1.48. The molecular formula is C13H18FN3O2. The minimum atomic E-state index is -0.610. The van der Waals surface area contributed by atoms with Crippen molar-refractivity contribution in [3.8, 4) is 0 Å². The Morgan fingerprint density at radius 2 is 2.32 bits per heavy atom. The summed E-state index contributed by atoms with van der Waals surface area (Å²) < 4.78 is 13.6. The van der Waals surface area contributed by atoms with E-state index in [0.29, 0.717) is 13.1 Å². The van der Waals surface area contributed by atoms with Crippen molar-refractivity contribution in [3.63, 3.8) is 0 Å². The second-order valence-corrected chi connectivity index (χ2v) is 5.04. The van der Waals surface area contributed by atoms with Crippen molar-refractivity contribution >= 4 is 5.91 Å². The van der Waals surface area contributed by atoms with Gasteiger partial charge >= 0.3 is 0 Å². The van der Waals surface area contributed by atoms with Gasteiger partial charge in [0.25, 0.3) is 5.91 Å². The molecule has 2 rings (SSSR count). The third kappa shape index (κ3) is 2.74. The van der Waals surface area contributed by atoms with Gasteiger partial charge in [-0.15, -0.1) is 0 Å². The zero-order valence-electron chi connectivity index (χ0n) is 11.1. The third-order valence-corrected chi connectivity index (χ3v) is 3.59. The predicted octanol–water partition coefficient (Wildman–Crippen LogP) is 0.215. The Kier molecular flexibility index (Phi) is 4.11. The number of nitrogens with zero attached hydrogens (tertiary/aromatic N) is 3. The highest BCUT2D eigenvalue weighted by Gasteiger charge is 2.36. The summed E-state index contributed by atoms with van der Waals surface area (Å²) in [7, 11) is 3.82. The van der Waals surface area contributed by atoms with Crippen LogP contribution in [0, 0.1) is 11.7 Å². The van der Waals surface area contributed by atoms with Gasteiger partial charge < -0.3 is 14.9 Å². The van der Waals surface area contributed by atoms with Crippen molar-refractivity contribution < 1.29 is 14.3 Å². The summed E-state index contributed by atoms with van der Waals surface area (Å²) in [5.74, 6) is -0.951. The van der Waals surface area contributed by atoms with Crippen molar-refractivity contribution in [1.82, 2.24) is 14.8 Å². The minimum Gasteiger partial charge on any atom is -0.396 e. The van der Waals surface area contributed by atoms with Gasteiger partial charge in [0.05, 0.1) is 11.8 Å². The first-order chi connectivity index (χ1) is 9.04. The monoisotopic (exact) mass is 267 g/mol. The fourth-order valence-corrected chi connectivity index (χ4v) is 2.50. The Morgan fingerprint density at radius 3 is 2.84 bits per heavy atom. The number of pyridine rings is 1. The number of aliphatic hydroxyl groups is 1. The number of hydrogen-bond donors (Lipinski definition) is 1. The van der Waals surface area contributed by atoms with Crippen LogP contribution < -0.4 is 0 Å². The number of hydrogen-bond acceptors (Lipinski definition) is 4. The number of carbonyl (C=O) groups is 1. The molecule has 0 unspecified atom stereocenters. The van der Waals surface area contributed by atoms with Crippen molar-refractivity contribution in [2.45, 2.75) is 6.04 Å². The zero-order valence-corrected chi connectivity index (χ0v) is 11.1. The van der Waals surface area contributed by atoms with E-state index in [1.54, 1.807) is 4.90 Å². The molecule has 0 aliphatic carbocycles. The molecule has 1 saturated heterocycles. The molecule has 1 aliphatic heterocycles. The highest BCUT2D eigenvalue weighted by atomic mass is 19.1. The van der Waals surface area contributed by atoms with Crippen LogP contribution in [0.25, 0.3) is 0 Å². The Balaban J connectivity index is 2.16. The molecule has 2 atom stereocenters. The first-order valence-corrected chi connectivity index (χ1v) is 6.20. The molecule has 0 aromatic carbocycles. The Bertz CT molecular complexity index is 467. The van der Waals surface area contributed by atoms with Crippen molar-refractivity contribution in [3.05, 3.63) is 29.8 Å². The van der Waals surface area contributed by atoms with Crippen LogP contribution in [0.15, 0.2) is 18.5 Å². The SMILES string of the molecule is CN(C)[C@@H]1CN(C(=O)c2ccncc2F)C[C@H]1CO. The number of likely N-dealkylation sites (tertiary alicyclic amines) is 1. The number of carbonyl (C=O) groups excluding carboxylic acids is 1. The Hall–Kier alpha value is -1.53. The molecule has 5 nitrogen and oxygen atoms in total. The summed E-state index contributed by atoms with van der Waals surface area (Å²) in [6.07, 6.45) is 2.44. The molecule has 0 saturated carbocycles. The van der Waals surface area contributed by atoms with E-state index in [0.717, 1.165) is 6.20 Å². The number of likely N-dealkylation sites (N-methyl/N-ethyl adjacent to an activating group) is 1. The van der Waals surface area contributed by atoms with E-state index in [-0.39, 0.29) is 30.0 Å². The van der Waals surface area contributed by atoms with Crippen LogP contribution in [0.3, 0.4) is 0 Å². The van der Waals surface area contributed by atoms with Gasteiger partial charge in [0.1, 0.15) is 0 Å². The lowest BCUT2D eigenvalue weighted by Gasteiger charge is -2.23. The molecule has 6 heteroatoms. The van der Waals surface area contributed by atoms with Gasteiger partial charge in [-0.3, -0.25) is 9.78 Å². The summed E-state index contributed by atoms with van der Waals surface area (Å²) in [5.41, 5.74) is 0.0334. The van der Waals surface area contributed by atoms with Crippen LogP contribution >= 0.6 is 0 Å². The molecule has 104 valence electrons. The van der Waals surface area contributed by atoms with E-state index < -0.39 is 5.82 Å². The largest absolute Gasteiger partial charge is 0.396 e. The van der Waals surface area contributed by atoms with Crippen molar-refractivity contribution in [2.24, 2.45) is 5.92 Å². The van der Waals surface area contributed by atoms with Crippen LogP contribution in [0.4, 0.5) is 4.39 Å². The molecule has 1 aliphatic rings. The number of aliphatic hydroxyl groups excluding tert-OH is 1. The maximum atomic E-state index is 13.6. The lowest BCUT2D eigenvalue weighted by molar-refractivity contribution is 0.0774. The van der Waals surface area contributed by atoms with E-state index in [1.807, 2.05) is 19.0 Å². The maximum absolute atomic E-state index is 13.6. The highest BCUT2D eigenvalue weighted by molar-refractivity contribution is 5.94. The lowest BCUT2D eigenvalue weighted by atomic mass is 10.0. The number of rotatable bonds is 3. The van der Waals surface area contributed by atoms with Gasteiger partial charge in [-0.2, -0.15) is 0 Å². The topological polar surface area (TPSA) is 56.7 Å². The smallest absolute Gasteiger partial charge is 0.257 e. The number of amides is 1. The maximum Gasteiger partial charge on any atom is 0.257 e. The van der Waals surface area contributed by atoms with E-state index in [2.05, 4.69) is 4.98 Å². The summed E-state index contributed by atoms with van der Waals surface area (Å²) in [5, 5.41) is 9.36. The van der Waals surface area contributed by atoms with Crippen molar-refractivity contribution in [2.75, 3.05) is 33.8 Å². The molecule has 1 aromatic rings. The van der Waals surface area contributed by atoms with Crippen LogP contribution in [0.2, 0.25) is 0 Å². The fraction of sp³-hybridized carbons (Fsp3) is 0.538. The second kappa shape index (κ2) is 5.63. The molecule has 1 fully saturated rings. The molecule has 1 amide bonds. The molecule has 0 spiro atoms. The van der Waals surface area contributed by atoms with Crippen LogP contribution in [0.1, 0.15) is 10.4 Å². The molecule has 19 heavy (non-hydrogen) atoms. The number of aromatic nitrogens is 1. The van der Waals surface area contributed by atoms with Gasteiger partial charge in [-0.25, -0.2) is 4.39 Å². The molecule has 0 bridgehead atoms. The van der Waals surface area contributed by atoms with E-state index >= 15 is 0 Å². The fourth-order valence-electron chi connectivity index (χ4n) is 2.50. The minimum absolute atomic E-state index is 0.00356. The van der Waals surface area contributed by atoms with Gasteiger partial charge in [0, 0.05) is 37.9 Å². The average Bonchev–Trinajstić information content (AvgIpc) is 2.83. The Labute approximate surface area is 111 Å². The van der Waals surface area contributed by atoms with Crippen LogP contribution in [-0.2, 0) is 0 Å². The predicted molar refractivity (Wildman–Crippen MR) is 68.1 cm³/mol. The lowest BCUT2D eigenvalue weighted by Crippen LogP contribution is -2.37.